The first-order valence-electron chi connectivity index (χ1n) is 8.03. The second-order valence-electron chi connectivity index (χ2n) is 5.96. The summed E-state index contributed by atoms with van der Waals surface area (Å²) < 4.78 is 8.13. The Kier molecular flexibility index (Phi) is 5.57. The van der Waals surface area contributed by atoms with Crippen LogP contribution in [0.3, 0.4) is 0 Å². The minimum absolute atomic E-state index is 0.0288. The summed E-state index contributed by atoms with van der Waals surface area (Å²) in [6, 6.07) is 5.10. The van der Waals surface area contributed by atoms with Crippen LogP contribution in [0.4, 0.5) is 0 Å². The minimum Gasteiger partial charge on any atom is -0.839 e. The maximum Gasteiger partial charge on any atom is 0.384 e. The van der Waals surface area contributed by atoms with Crippen LogP contribution >= 0.6 is 22.9 Å². The fraction of sp³-hybridized carbons (Fsp3) is 0.222. The van der Waals surface area contributed by atoms with Gasteiger partial charge >= 0.3 is 11.8 Å². The maximum absolute atomic E-state index is 12.7. The molecule has 0 N–H and O–H groups in total. The number of esters is 1. The van der Waals surface area contributed by atoms with Gasteiger partial charge in [-0.1, -0.05) is 23.2 Å². The van der Waals surface area contributed by atoms with Gasteiger partial charge in [-0.25, -0.2) is 18.7 Å². The average molecular weight is 406 g/mol. The molecular formula is C18H16ClN3O4S. The molecule has 0 saturated carbocycles. The number of imidazole rings is 1. The molecular weight excluding hydrogens is 390 g/mol. The van der Waals surface area contributed by atoms with Gasteiger partial charge in [-0.3, -0.25) is 4.79 Å². The number of allylic oxidation sites excluding steroid dienone is 1. The number of carbonyl (C=O) groups excluding carboxylic acids is 2. The number of thiazole rings is 1. The van der Waals surface area contributed by atoms with Crippen molar-refractivity contribution in [2.45, 2.75) is 20.4 Å². The molecule has 0 unspecified atom stereocenters. The SMILES string of the molecule is CC(C)=CCOC(=O)C(=O)c1c([O-])[n+]2ccccc2n1Cc1cnc(Cl)s1. The lowest BCUT2D eigenvalue weighted by Gasteiger charge is -2.05. The van der Waals surface area contributed by atoms with E-state index in [-0.39, 0.29) is 18.8 Å². The molecule has 0 amide bonds. The summed E-state index contributed by atoms with van der Waals surface area (Å²) in [5.74, 6) is -2.64. The molecule has 0 bridgehead atoms. The fourth-order valence-corrected chi connectivity index (χ4v) is 3.48. The molecule has 0 spiro atoms. The van der Waals surface area contributed by atoms with E-state index in [2.05, 4.69) is 4.98 Å². The highest BCUT2D eigenvalue weighted by molar-refractivity contribution is 7.15. The van der Waals surface area contributed by atoms with E-state index in [1.807, 2.05) is 13.8 Å². The quantitative estimate of drug-likeness (QED) is 0.206. The standard InChI is InChI=1S/C18H16ClN3O4S/c1-11(2)6-8-26-17(25)15(23)14-16(24)21-7-4-3-5-13(21)22(14)10-12-9-20-18(19)27-12/h3-7,9H,8,10H2,1-2H3. The van der Waals surface area contributed by atoms with Crippen molar-refractivity contribution in [1.29, 1.82) is 0 Å². The number of Topliss-reactive ketones (excluding diaryl/α,β-unsaturated/α-hetero) is 1. The molecule has 3 heterocycles. The van der Waals surface area contributed by atoms with Gasteiger partial charge in [0, 0.05) is 12.3 Å². The molecule has 140 valence electrons. The molecule has 0 atom stereocenters. The number of pyridine rings is 1. The lowest BCUT2D eigenvalue weighted by molar-refractivity contribution is -0.582. The first-order chi connectivity index (χ1) is 12.9. The number of nitrogens with zero attached hydrogens (tertiary/aromatic N) is 3. The summed E-state index contributed by atoms with van der Waals surface area (Å²) in [6.07, 6.45) is 4.78. The van der Waals surface area contributed by atoms with Crippen LogP contribution in [-0.4, -0.2) is 27.9 Å². The van der Waals surface area contributed by atoms with E-state index < -0.39 is 17.6 Å². The summed E-state index contributed by atoms with van der Waals surface area (Å²) >= 11 is 7.10. The Balaban J connectivity index is 2.01. The molecule has 7 nitrogen and oxygen atoms in total. The number of hydrogen-bond acceptors (Lipinski definition) is 6. The number of halogens is 1. The van der Waals surface area contributed by atoms with Crippen molar-refractivity contribution in [2.24, 2.45) is 0 Å². The molecule has 0 saturated heterocycles. The Morgan fingerprint density at radius 1 is 1.41 bits per heavy atom. The van der Waals surface area contributed by atoms with E-state index in [1.165, 1.54) is 20.3 Å². The molecule has 0 aliphatic carbocycles. The average Bonchev–Trinajstić information content (AvgIpc) is 3.16. The molecule has 27 heavy (non-hydrogen) atoms. The van der Waals surface area contributed by atoms with Crippen molar-refractivity contribution < 1.29 is 23.8 Å². The number of carbonyl (C=O) groups is 2. The van der Waals surface area contributed by atoms with Gasteiger partial charge in [0.1, 0.15) is 19.0 Å². The largest absolute Gasteiger partial charge is 0.839 e. The minimum atomic E-state index is -1.07. The Labute approximate surface area is 164 Å². The summed E-state index contributed by atoms with van der Waals surface area (Å²) in [5.41, 5.74) is 1.17. The lowest BCUT2D eigenvalue weighted by atomic mass is 10.3. The Morgan fingerprint density at radius 2 is 2.19 bits per heavy atom. The Morgan fingerprint density at radius 3 is 2.85 bits per heavy atom. The van der Waals surface area contributed by atoms with Crippen molar-refractivity contribution in [2.75, 3.05) is 6.61 Å². The molecule has 3 aromatic rings. The summed E-state index contributed by atoms with van der Waals surface area (Å²) in [7, 11) is 0. The Bertz CT molecular complexity index is 1050. The van der Waals surface area contributed by atoms with E-state index in [1.54, 1.807) is 36.7 Å². The van der Waals surface area contributed by atoms with Crippen molar-refractivity contribution in [1.82, 2.24) is 9.55 Å². The third-order valence-corrected chi connectivity index (χ3v) is 4.85. The van der Waals surface area contributed by atoms with Crippen LogP contribution in [0, 0.1) is 0 Å². The van der Waals surface area contributed by atoms with Crippen LogP contribution in [0.15, 0.2) is 42.2 Å². The predicted octanol–water partition coefficient (Wildman–Crippen LogP) is 2.15. The molecule has 3 rings (SSSR count). The van der Waals surface area contributed by atoms with E-state index in [9.17, 15) is 14.7 Å². The third-order valence-electron chi connectivity index (χ3n) is 3.75. The highest BCUT2D eigenvalue weighted by Crippen LogP contribution is 2.23. The van der Waals surface area contributed by atoms with Gasteiger partial charge in [-0.15, -0.1) is 11.3 Å². The smallest absolute Gasteiger partial charge is 0.384 e. The second-order valence-corrected chi connectivity index (χ2v) is 7.65. The van der Waals surface area contributed by atoms with Crippen LogP contribution in [-0.2, 0) is 16.1 Å². The third kappa shape index (κ3) is 4.01. The predicted molar refractivity (Wildman–Crippen MR) is 98.0 cm³/mol. The van der Waals surface area contributed by atoms with Gasteiger partial charge in [0.15, 0.2) is 4.47 Å². The van der Waals surface area contributed by atoms with E-state index >= 15 is 0 Å². The van der Waals surface area contributed by atoms with Gasteiger partial charge in [-0.05, 0) is 26.0 Å². The highest BCUT2D eigenvalue weighted by Gasteiger charge is 2.31. The monoisotopic (exact) mass is 405 g/mol. The molecule has 0 aliphatic rings. The second kappa shape index (κ2) is 7.89. The van der Waals surface area contributed by atoms with Gasteiger partial charge < -0.3 is 9.84 Å². The number of ether oxygens (including phenoxy) is 1. The summed E-state index contributed by atoms with van der Waals surface area (Å²) in [4.78, 5) is 29.5. The number of hydrogen-bond donors (Lipinski definition) is 0. The molecule has 9 heteroatoms. The Hall–Kier alpha value is -2.71. The molecule has 0 radical (unpaired) electrons. The van der Waals surface area contributed by atoms with Crippen LogP contribution in [0.2, 0.25) is 4.47 Å². The van der Waals surface area contributed by atoms with Gasteiger partial charge in [-0.2, -0.15) is 0 Å². The summed E-state index contributed by atoms with van der Waals surface area (Å²) in [6.45, 7) is 3.85. The number of aromatic nitrogens is 3. The number of ketones is 1. The zero-order valence-corrected chi connectivity index (χ0v) is 16.2. The van der Waals surface area contributed by atoms with Crippen molar-refractivity contribution in [3.8, 4) is 5.88 Å². The van der Waals surface area contributed by atoms with Gasteiger partial charge in [0.2, 0.25) is 5.69 Å². The maximum atomic E-state index is 12.7. The topological polar surface area (TPSA) is 88.4 Å². The first kappa shape index (κ1) is 19.1. The van der Waals surface area contributed by atoms with E-state index in [0.717, 1.165) is 10.5 Å². The van der Waals surface area contributed by atoms with Crippen molar-refractivity contribution in [3.63, 3.8) is 0 Å². The fourth-order valence-electron chi connectivity index (χ4n) is 2.51. The molecule has 0 aromatic carbocycles. The zero-order valence-electron chi connectivity index (χ0n) is 14.6. The van der Waals surface area contributed by atoms with Crippen LogP contribution in [0.1, 0.15) is 29.2 Å². The van der Waals surface area contributed by atoms with Gasteiger partial charge in [0.25, 0.3) is 5.65 Å². The highest BCUT2D eigenvalue weighted by atomic mass is 35.5. The van der Waals surface area contributed by atoms with Crippen molar-refractivity contribution >= 4 is 40.3 Å². The van der Waals surface area contributed by atoms with E-state index in [0.29, 0.717) is 10.1 Å². The van der Waals surface area contributed by atoms with Gasteiger partial charge in [0.05, 0.1) is 11.1 Å². The van der Waals surface area contributed by atoms with Crippen LogP contribution < -0.4 is 9.51 Å². The molecule has 3 aromatic heterocycles. The lowest BCUT2D eigenvalue weighted by Crippen LogP contribution is -2.26. The van der Waals surface area contributed by atoms with Crippen LogP contribution in [0.5, 0.6) is 5.88 Å². The molecule has 0 aliphatic heterocycles. The van der Waals surface area contributed by atoms with Crippen LogP contribution in [0.25, 0.3) is 5.65 Å². The number of fused-ring (bicyclic) bond motifs is 1. The number of rotatable bonds is 6. The van der Waals surface area contributed by atoms with E-state index in [4.69, 9.17) is 16.3 Å². The van der Waals surface area contributed by atoms with Crippen molar-refractivity contribution in [3.05, 3.63) is 57.3 Å². The normalized spacial score (nSPS) is 10.8. The summed E-state index contributed by atoms with van der Waals surface area (Å²) in [5, 5.41) is 12.7. The first-order valence-corrected chi connectivity index (χ1v) is 9.23. The molecule has 0 fully saturated rings. The zero-order chi connectivity index (χ0) is 19.6.